The number of piperidine rings is 1. The zero-order valence-electron chi connectivity index (χ0n) is 16.6. The Morgan fingerprint density at radius 1 is 1.19 bits per heavy atom. The highest BCUT2D eigenvalue weighted by atomic mass is 19.1. The van der Waals surface area contributed by atoms with E-state index in [0.717, 1.165) is 31.5 Å². The van der Waals surface area contributed by atoms with Gasteiger partial charge in [0.2, 0.25) is 0 Å². The lowest BCUT2D eigenvalue weighted by Crippen LogP contribution is -2.38. The van der Waals surface area contributed by atoms with Gasteiger partial charge in [-0.05, 0) is 43.2 Å². The summed E-state index contributed by atoms with van der Waals surface area (Å²) in [6.07, 6.45) is 4.19. The maximum Gasteiger partial charge on any atom is 0.276 e. The van der Waals surface area contributed by atoms with E-state index in [4.69, 9.17) is 5.73 Å². The Bertz CT molecular complexity index is 1100. The molecule has 0 spiro atoms. The van der Waals surface area contributed by atoms with Gasteiger partial charge < -0.3 is 21.1 Å². The highest BCUT2D eigenvalue weighted by molar-refractivity contribution is 6.07. The molecule has 1 saturated heterocycles. The van der Waals surface area contributed by atoms with Crippen LogP contribution in [-0.4, -0.2) is 40.2 Å². The van der Waals surface area contributed by atoms with Gasteiger partial charge in [0, 0.05) is 19.3 Å². The first-order valence-electron chi connectivity index (χ1n) is 9.83. The van der Waals surface area contributed by atoms with Crippen molar-refractivity contribution < 1.29 is 18.7 Å². The molecule has 1 fully saturated rings. The van der Waals surface area contributed by atoms with Crippen molar-refractivity contribution in [2.75, 3.05) is 29.0 Å². The van der Waals surface area contributed by atoms with E-state index in [1.807, 2.05) is 4.90 Å². The van der Waals surface area contributed by atoms with E-state index in [1.165, 1.54) is 24.4 Å². The largest absolute Gasteiger partial charge is 0.397 e. The second-order valence-electron chi connectivity index (χ2n) is 7.32. The van der Waals surface area contributed by atoms with Crippen LogP contribution in [0.1, 0.15) is 23.3 Å². The maximum atomic E-state index is 14.2. The van der Waals surface area contributed by atoms with Crippen molar-refractivity contribution in [3.8, 4) is 11.3 Å². The first kappa shape index (κ1) is 20.7. The summed E-state index contributed by atoms with van der Waals surface area (Å²) in [5.74, 6) is -2.22. The molecule has 0 aliphatic carbocycles. The fraction of sp³-hybridized carbons (Fsp3) is 0.227. The van der Waals surface area contributed by atoms with Crippen molar-refractivity contribution in [1.29, 1.82) is 0 Å². The first-order valence-corrected chi connectivity index (χ1v) is 9.83. The second kappa shape index (κ2) is 8.65. The molecule has 1 aromatic carbocycles. The van der Waals surface area contributed by atoms with Gasteiger partial charge in [-0.3, -0.25) is 9.78 Å². The van der Waals surface area contributed by atoms with Crippen LogP contribution in [0, 0.1) is 11.6 Å². The Kier molecular flexibility index (Phi) is 5.77. The van der Waals surface area contributed by atoms with Crippen LogP contribution in [0.5, 0.6) is 0 Å². The molecule has 1 atom stereocenters. The number of benzene rings is 1. The molecule has 0 bridgehead atoms. The topological polar surface area (TPSA) is 104 Å². The molecule has 4 rings (SSSR count). The number of aliphatic hydroxyl groups excluding tert-OH is 1. The number of carbonyl (C=O) groups is 1. The smallest absolute Gasteiger partial charge is 0.276 e. The van der Waals surface area contributed by atoms with Crippen molar-refractivity contribution in [3.05, 3.63) is 66.1 Å². The van der Waals surface area contributed by atoms with E-state index in [2.05, 4.69) is 15.3 Å². The van der Waals surface area contributed by atoms with Crippen molar-refractivity contribution in [1.82, 2.24) is 9.97 Å². The predicted octanol–water partition coefficient (Wildman–Crippen LogP) is 3.22. The van der Waals surface area contributed by atoms with Crippen LogP contribution in [0.4, 0.5) is 25.8 Å². The summed E-state index contributed by atoms with van der Waals surface area (Å²) >= 11 is 0. The van der Waals surface area contributed by atoms with Crippen molar-refractivity contribution in [2.24, 2.45) is 0 Å². The van der Waals surface area contributed by atoms with Crippen LogP contribution >= 0.6 is 0 Å². The Balaban J connectivity index is 1.65. The van der Waals surface area contributed by atoms with Gasteiger partial charge in [-0.25, -0.2) is 13.8 Å². The van der Waals surface area contributed by atoms with Crippen LogP contribution in [-0.2, 0) is 0 Å². The Morgan fingerprint density at radius 2 is 1.97 bits per heavy atom. The number of halogens is 2. The molecule has 1 aliphatic rings. The third-order valence-electron chi connectivity index (χ3n) is 5.14. The minimum atomic E-state index is -0.790. The van der Waals surface area contributed by atoms with Gasteiger partial charge in [-0.15, -0.1) is 0 Å². The minimum absolute atomic E-state index is 0.0412. The third kappa shape index (κ3) is 4.31. The van der Waals surface area contributed by atoms with Crippen LogP contribution in [0.25, 0.3) is 11.3 Å². The molecule has 1 unspecified atom stereocenters. The fourth-order valence-electron chi connectivity index (χ4n) is 3.65. The molecule has 160 valence electrons. The molecule has 0 radical (unpaired) electrons. The molecule has 9 heteroatoms. The summed E-state index contributed by atoms with van der Waals surface area (Å²) in [5, 5.41) is 12.7. The highest BCUT2D eigenvalue weighted by Gasteiger charge is 2.22. The first-order chi connectivity index (χ1) is 14.9. The quantitative estimate of drug-likeness (QED) is 0.593. The number of hydrogen-bond donors (Lipinski definition) is 3. The Morgan fingerprint density at radius 3 is 2.71 bits per heavy atom. The zero-order chi connectivity index (χ0) is 22.0. The zero-order valence-corrected chi connectivity index (χ0v) is 16.6. The lowest BCUT2D eigenvalue weighted by Gasteiger charge is -2.33. The van der Waals surface area contributed by atoms with Gasteiger partial charge in [0.1, 0.15) is 11.6 Å². The van der Waals surface area contributed by atoms with Crippen LogP contribution < -0.4 is 16.0 Å². The minimum Gasteiger partial charge on any atom is -0.397 e. The Labute approximate surface area is 177 Å². The third-order valence-corrected chi connectivity index (χ3v) is 5.14. The molecule has 1 aliphatic heterocycles. The number of β-amino-alcohol motifs (C(OH)–C–C–N with tert-alkyl or cyclic N) is 1. The molecule has 3 heterocycles. The molecule has 0 saturated carbocycles. The van der Waals surface area contributed by atoms with Gasteiger partial charge in [0.05, 0.1) is 40.6 Å². The normalized spacial score (nSPS) is 16.2. The number of carbonyl (C=O) groups excluding carboxylic acids is 1. The lowest BCUT2D eigenvalue weighted by atomic mass is 10.1. The van der Waals surface area contributed by atoms with E-state index in [1.54, 1.807) is 12.3 Å². The number of nitrogen functional groups attached to an aromatic ring is 1. The number of hydrogen-bond acceptors (Lipinski definition) is 6. The molecule has 1 amide bonds. The average molecular weight is 425 g/mol. The van der Waals surface area contributed by atoms with E-state index < -0.39 is 23.6 Å². The van der Waals surface area contributed by atoms with Gasteiger partial charge >= 0.3 is 0 Å². The summed E-state index contributed by atoms with van der Waals surface area (Å²) in [6, 6.07) is 7.97. The lowest BCUT2D eigenvalue weighted by molar-refractivity contribution is 0.102. The van der Waals surface area contributed by atoms with E-state index in [9.17, 15) is 18.7 Å². The van der Waals surface area contributed by atoms with E-state index >= 15 is 0 Å². The summed E-state index contributed by atoms with van der Waals surface area (Å²) in [4.78, 5) is 23.1. The maximum absolute atomic E-state index is 14.2. The number of rotatable bonds is 4. The van der Waals surface area contributed by atoms with E-state index in [0.29, 0.717) is 17.9 Å². The Hall–Kier alpha value is -3.59. The van der Waals surface area contributed by atoms with Gasteiger partial charge in [0.25, 0.3) is 5.91 Å². The molecular formula is C22H21F2N5O2. The van der Waals surface area contributed by atoms with Crippen molar-refractivity contribution in [3.63, 3.8) is 0 Å². The van der Waals surface area contributed by atoms with Gasteiger partial charge in [-0.1, -0.05) is 6.07 Å². The number of nitrogens with two attached hydrogens (primary N) is 1. The van der Waals surface area contributed by atoms with E-state index in [-0.39, 0.29) is 22.6 Å². The molecule has 7 nitrogen and oxygen atoms in total. The molecule has 3 aromatic rings. The summed E-state index contributed by atoms with van der Waals surface area (Å²) in [7, 11) is 0. The summed E-state index contributed by atoms with van der Waals surface area (Å²) in [5.41, 5.74) is 6.59. The predicted molar refractivity (Wildman–Crippen MR) is 114 cm³/mol. The fourth-order valence-corrected chi connectivity index (χ4v) is 3.65. The van der Waals surface area contributed by atoms with Crippen molar-refractivity contribution >= 4 is 23.0 Å². The number of aromatic nitrogens is 2. The number of pyridine rings is 2. The monoisotopic (exact) mass is 425 g/mol. The van der Waals surface area contributed by atoms with Crippen LogP contribution in [0.3, 0.4) is 0 Å². The number of aliphatic hydroxyl groups is 1. The highest BCUT2D eigenvalue weighted by Crippen LogP contribution is 2.29. The average Bonchev–Trinajstić information content (AvgIpc) is 2.75. The summed E-state index contributed by atoms with van der Waals surface area (Å²) < 4.78 is 28.3. The second-order valence-corrected chi connectivity index (χ2v) is 7.32. The molecular weight excluding hydrogens is 404 g/mol. The molecule has 2 aromatic heterocycles. The standard InChI is InChI=1S/C22H21F2N5O2/c23-14-4-1-5-15(24)20(14)17-7-6-16(25)21(27-17)22(31)28-18-11-26-9-8-19(18)29-10-2-3-13(30)12-29/h1,4-9,11,13,30H,2-3,10,12,25H2,(H,28,31). The number of nitrogens with zero attached hydrogens (tertiary/aromatic N) is 3. The molecule has 31 heavy (non-hydrogen) atoms. The van der Waals surface area contributed by atoms with Gasteiger partial charge in [-0.2, -0.15) is 0 Å². The SMILES string of the molecule is Nc1ccc(-c2c(F)cccc2F)nc1C(=O)Nc1cnccc1N1CCCC(O)C1. The van der Waals surface area contributed by atoms with Gasteiger partial charge in [0.15, 0.2) is 5.69 Å². The van der Waals surface area contributed by atoms with Crippen LogP contribution in [0.2, 0.25) is 0 Å². The van der Waals surface area contributed by atoms with Crippen molar-refractivity contribution in [2.45, 2.75) is 18.9 Å². The summed E-state index contributed by atoms with van der Waals surface area (Å²) in [6.45, 7) is 1.17. The molecule has 4 N–H and O–H groups in total. The number of anilines is 3. The van der Waals surface area contributed by atoms with Crippen LogP contribution in [0.15, 0.2) is 48.8 Å². The number of nitrogens with one attached hydrogen (secondary N) is 1. The number of amides is 1.